The molecule has 0 spiro atoms. The third-order valence-corrected chi connectivity index (χ3v) is 3.97. The van der Waals surface area contributed by atoms with Gasteiger partial charge in [-0.3, -0.25) is 4.57 Å². The molecule has 110 valence electrons. The molecule has 0 aliphatic rings. The van der Waals surface area contributed by atoms with E-state index in [9.17, 15) is 4.79 Å². The largest absolute Gasteiger partial charge is 0.343 e. The van der Waals surface area contributed by atoms with Crippen LogP contribution < -0.4 is 5.69 Å². The molecule has 8 heteroatoms. The van der Waals surface area contributed by atoms with Crippen LogP contribution in [-0.4, -0.2) is 24.9 Å². The lowest BCUT2D eigenvalue weighted by Crippen LogP contribution is -2.17. The summed E-state index contributed by atoms with van der Waals surface area (Å²) in [7, 11) is 0. The number of aromatic amines is 1. The number of aromatic nitrogens is 5. The van der Waals surface area contributed by atoms with Gasteiger partial charge in [-0.2, -0.15) is 4.98 Å². The van der Waals surface area contributed by atoms with Crippen LogP contribution in [0.3, 0.4) is 0 Å². The van der Waals surface area contributed by atoms with E-state index in [1.54, 1.807) is 4.57 Å². The molecule has 1 N–H and O–H groups in total. The zero-order chi connectivity index (χ0) is 14.5. The monoisotopic (exact) mass is 297 g/mol. The van der Waals surface area contributed by atoms with E-state index < -0.39 is 0 Å². The van der Waals surface area contributed by atoms with Crippen molar-refractivity contribution in [1.82, 2.24) is 24.9 Å². The number of nitrogens with one attached hydrogen (secondary N) is 1. The molecular formula is C12H19N5O2S. The highest BCUT2D eigenvalue weighted by Crippen LogP contribution is 2.32. The van der Waals surface area contributed by atoms with Gasteiger partial charge in [0, 0.05) is 13.0 Å². The highest BCUT2D eigenvalue weighted by atomic mass is 32.2. The fraction of sp³-hybridized carbons (Fsp3) is 0.667. The molecule has 0 bridgehead atoms. The average Bonchev–Trinajstić information content (AvgIpc) is 3.04. The van der Waals surface area contributed by atoms with Crippen LogP contribution in [0.2, 0.25) is 0 Å². The Hall–Kier alpha value is -1.57. The normalized spacial score (nSPS) is 12.8. The lowest BCUT2D eigenvalue weighted by molar-refractivity contribution is 0.375. The molecule has 2 rings (SSSR count). The van der Waals surface area contributed by atoms with Gasteiger partial charge in [-0.15, -0.1) is 5.10 Å². The van der Waals surface area contributed by atoms with Crippen LogP contribution in [0.15, 0.2) is 14.5 Å². The Bertz CT molecular complexity index is 603. The molecule has 2 aromatic heterocycles. The fourth-order valence-corrected chi connectivity index (χ4v) is 2.60. The zero-order valence-electron chi connectivity index (χ0n) is 11.9. The van der Waals surface area contributed by atoms with Crippen LogP contribution in [-0.2, 0) is 13.0 Å². The van der Waals surface area contributed by atoms with Crippen molar-refractivity contribution in [1.29, 1.82) is 0 Å². The van der Waals surface area contributed by atoms with Gasteiger partial charge < -0.3 is 4.52 Å². The highest BCUT2D eigenvalue weighted by Gasteiger charge is 2.19. The number of rotatable bonds is 7. The third-order valence-electron chi connectivity index (χ3n) is 2.89. The lowest BCUT2D eigenvalue weighted by Gasteiger charge is -2.07. The van der Waals surface area contributed by atoms with E-state index in [2.05, 4.69) is 27.3 Å². The Morgan fingerprint density at radius 2 is 2.25 bits per heavy atom. The van der Waals surface area contributed by atoms with Crippen LogP contribution in [0.4, 0.5) is 0 Å². The molecule has 0 saturated heterocycles. The summed E-state index contributed by atoms with van der Waals surface area (Å²) < 4.78 is 6.86. The molecule has 0 aliphatic heterocycles. The second-order valence-corrected chi connectivity index (χ2v) is 5.79. The molecule has 0 saturated carbocycles. The number of H-pyrrole nitrogens is 1. The van der Waals surface area contributed by atoms with Gasteiger partial charge in [-0.05, 0) is 13.3 Å². The highest BCUT2D eigenvalue weighted by molar-refractivity contribution is 7.99. The summed E-state index contributed by atoms with van der Waals surface area (Å²) >= 11 is 1.44. The minimum absolute atomic E-state index is 0.0432. The average molecular weight is 297 g/mol. The molecule has 0 radical (unpaired) electrons. The fourth-order valence-electron chi connectivity index (χ4n) is 1.69. The molecule has 7 nitrogen and oxygen atoms in total. The van der Waals surface area contributed by atoms with Gasteiger partial charge in [0.1, 0.15) is 0 Å². The summed E-state index contributed by atoms with van der Waals surface area (Å²) in [5.74, 6) is 1.25. The van der Waals surface area contributed by atoms with Gasteiger partial charge in [0.05, 0.1) is 5.25 Å². The van der Waals surface area contributed by atoms with Crippen molar-refractivity contribution < 1.29 is 4.52 Å². The van der Waals surface area contributed by atoms with Crippen molar-refractivity contribution >= 4 is 11.8 Å². The van der Waals surface area contributed by atoms with Crippen LogP contribution >= 0.6 is 11.8 Å². The van der Waals surface area contributed by atoms with E-state index in [4.69, 9.17) is 4.52 Å². The van der Waals surface area contributed by atoms with Crippen LogP contribution in [0.1, 0.15) is 50.6 Å². The Labute approximate surface area is 121 Å². The second-order valence-electron chi connectivity index (χ2n) is 4.48. The standard InChI is InChI=1S/C12H19N5O2S/c1-4-6-7-17-11(18)14-15-12(17)20-8(3)10-13-9(5-2)16-19-10/h8H,4-7H2,1-3H3,(H,14,18). The van der Waals surface area contributed by atoms with E-state index in [1.807, 2.05) is 13.8 Å². The maximum absolute atomic E-state index is 11.7. The number of hydrogen-bond donors (Lipinski definition) is 1. The van der Waals surface area contributed by atoms with Gasteiger partial charge in [0.25, 0.3) is 0 Å². The van der Waals surface area contributed by atoms with Gasteiger partial charge in [0.2, 0.25) is 5.89 Å². The number of nitrogens with zero attached hydrogens (tertiary/aromatic N) is 4. The van der Waals surface area contributed by atoms with E-state index in [-0.39, 0.29) is 10.9 Å². The summed E-state index contributed by atoms with van der Waals surface area (Å²) in [6, 6.07) is 0. The summed E-state index contributed by atoms with van der Waals surface area (Å²) in [6.07, 6.45) is 2.72. The van der Waals surface area contributed by atoms with E-state index in [0.29, 0.717) is 23.4 Å². The van der Waals surface area contributed by atoms with Crippen LogP contribution in [0.5, 0.6) is 0 Å². The molecule has 1 atom stereocenters. The molecular weight excluding hydrogens is 278 g/mol. The lowest BCUT2D eigenvalue weighted by atomic mass is 10.3. The minimum atomic E-state index is -0.173. The molecule has 0 aromatic carbocycles. The summed E-state index contributed by atoms with van der Waals surface area (Å²) in [5.41, 5.74) is -0.173. The second kappa shape index (κ2) is 6.74. The molecule has 0 aliphatic carbocycles. The third kappa shape index (κ3) is 3.30. The maximum atomic E-state index is 11.7. The summed E-state index contributed by atoms with van der Waals surface area (Å²) in [6.45, 7) is 6.69. The number of aryl methyl sites for hydroxylation is 1. The number of thioether (sulfide) groups is 1. The first-order valence-corrected chi connectivity index (χ1v) is 7.68. The van der Waals surface area contributed by atoms with Crippen molar-refractivity contribution in [2.75, 3.05) is 0 Å². The SMILES string of the molecule is CCCCn1c(SC(C)c2nc(CC)no2)n[nH]c1=O. The first kappa shape index (κ1) is 14.8. The maximum Gasteiger partial charge on any atom is 0.343 e. The summed E-state index contributed by atoms with van der Waals surface area (Å²) in [4.78, 5) is 16.0. The minimum Gasteiger partial charge on any atom is -0.338 e. The first-order chi connectivity index (χ1) is 9.65. The number of hydrogen-bond acceptors (Lipinski definition) is 6. The van der Waals surface area contributed by atoms with E-state index in [0.717, 1.165) is 19.3 Å². The Balaban J connectivity index is 2.11. The predicted molar refractivity (Wildman–Crippen MR) is 75.7 cm³/mol. The van der Waals surface area contributed by atoms with E-state index >= 15 is 0 Å². The van der Waals surface area contributed by atoms with Gasteiger partial charge in [0.15, 0.2) is 11.0 Å². The Kier molecular flexibility index (Phi) is 4.99. The smallest absolute Gasteiger partial charge is 0.338 e. The topological polar surface area (TPSA) is 89.6 Å². The summed E-state index contributed by atoms with van der Waals surface area (Å²) in [5, 5.41) is 11.0. The number of unbranched alkanes of at least 4 members (excludes halogenated alkanes) is 1. The van der Waals surface area contributed by atoms with E-state index in [1.165, 1.54) is 11.8 Å². The molecule has 2 aromatic rings. The van der Waals surface area contributed by atoms with Crippen molar-refractivity contribution in [3.63, 3.8) is 0 Å². The van der Waals surface area contributed by atoms with Crippen molar-refractivity contribution in [2.24, 2.45) is 0 Å². The van der Waals surface area contributed by atoms with Gasteiger partial charge >= 0.3 is 5.69 Å². The zero-order valence-corrected chi connectivity index (χ0v) is 12.7. The first-order valence-electron chi connectivity index (χ1n) is 6.80. The van der Waals surface area contributed by atoms with Crippen molar-refractivity contribution in [3.8, 4) is 0 Å². The van der Waals surface area contributed by atoms with Gasteiger partial charge in [-0.1, -0.05) is 37.2 Å². The quantitative estimate of drug-likeness (QED) is 0.788. The Morgan fingerprint density at radius 3 is 2.90 bits per heavy atom. The molecule has 2 heterocycles. The van der Waals surface area contributed by atoms with Crippen molar-refractivity contribution in [2.45, 2.75) is 57.0 Å². The van der Waals surface area contributed by atoms with Crippen molar-refractivity contribution in [3.05, 3.63) is 22.2 Å². The molecule has 20 heavy (non-hydrogen) atoms. The van der Waals surface area contributed by atoms with Crippen LogP contribution in [0, 0.1) is 0 Å². The van der Waals surface area contributed by atoms with Gasteiger partial charge in [-0.25, -0.2) is 9.89 Å². The Morgan fingerprint density at radius 1 is 1.45 bits per heavy atom. The predicted octanol–water partition coefficient (Wildman–Crippen LogP) is 2.17. The van der Waals surface area contributed by atoms with Crippen LogP contribution in [0.25, 0.3) is 0 Å². The molecule has 0 fully saturated rings. The molecule has 0 amide bonds. The molecule has 1 unspecified atom stereocenters.